The van der Waals surface area contributed by atoms with Gasteiger partial charge in [-0.05, 0) is 49.2 Å². The molecule has 2 aromatic carbocycles. The van der Waals surface area contributed by atoms with Crippen molar-refractivity contribution in [1.29, 1.82) is 0 Å². The van der Waals surface area contributed by atoms with Crippen molar-refractivity contribution < 1.29 is 9.53 Å². The monoisotopic (exact) mass is 402 g/mol. The number of methoxy groups -OCH3 is 1. The van der Waals surface area contributed by atoms with Gasteiger partial charge in [0.2, 0.25) is 5.91 Å². The summed E-state index contributed by atoms with van der Waals surface area (Å²) >= 11 is 3.55. The second-order valence-electron chi connectivity index (χ2n) is 6.25. The number of carbonyl (C=O) groups excluding carboxylic acids is 1. The van der Waals surface area contributed by atoms with Crippen molar-refractivity contribution in [3.8, 4) is 5.75 Å². The maximum absolute atomic E-state index is 12.3. The molecule has 1 aliphatic rings. The fraction of sp³-hybridized carbons (Fsp3) is 0.350. The van der Waals surface area contributed by atoms with Crippen LogP contribution in [0.5, 0.6) is 5.75 Å². The van der Waals surface area contributed by atoms with E-state index in [9.17, 15) is 4.79 Å². The smallest absolute Gasteiger partial charge is 0.225 e. The normalized spacial score (nSPS) is 17.4. The van der Waals surface area contributed by atoms with Crippen LogP contribution in [0.3, 0.4) is 0 Å². The first-order chi connectivity index (χ1) is 12.2. The van der Waals surface area contributed by atoms with Gasteiger partial charge in [-0.2, -0.15) is 0 Å². The number of anilines is 1. The zero-order valence-corrected chi connectivity index (χ0v) is 16.0. The zero-order valence-electron chi connectivity index (χ0n) is 14.4. The average molecular weight is 403 g/mol. The summed E-state index contributed by atoms with van der Waals surface area (Å²) in [5, 5.41) is 2.95. The van der Waals surface area contributed by atoms with Gasteiger partial charge in [-0.1, -0.05) is 40.2 Å². The Morgan fingerprint density at radius 3 is 2.92 bits per heavy atom. The summed E-state index contributed by atoms with van der Waals surface area (Å²) in [5.74, 6) is 0.702. The number of para-hydroxylation sites is 2. The van der Waals surface area contributed by atoms with Crippen LogP contribution in [0.25, 0.3) is 0 Å². The largest absolute Gasteiger partial charge is 0.495 e. The van der Waals surface area contributed by atoms with E-state index in [4.69, 9.17) is 4.74 Å². The van der Waals surface area contributed by atoms with Gasteiger partial charge in [-0.3, -0.25) is 9.69 Å². The van der Waals surface area contributed by atoms with Crippen molar-refractivity contribution in [1.82, 2.24) is 4.90 Å². The Labute approximate surface area is 157 Å². The highest BCUT2D eigenvalue weighted by atomic mass is 79.9. The predicted octanol–water partition coefficient (Wildman–Crippen LogP) is 4.62. The highest BCUT2D eigenvalue weighted by molar-refractivity contribution is 9.10. The average Bonchev–Trinajstić information content (AvgIpc) is 3.09. The minimum atomic E-state index is 0.0180. The van der Waals surface area contributed by atoms with Crippen molar-refractivity contribution >= 4 is 27.5 Å². The molecule has 0 aromatic heterocycles. The Bertz CT molecular complexity index is 735. The minimum Gasteiger partial charge on any atom is -0.495 e. The van der Waals surface area contributed by atoms with Gasteiger partial charge >= 0.3 is 0 Å². The molecular formula is C20H23BrN2O2. The number of amides is 1. The number of hydrogen-bond donors (Lipinski definition) is 1. The van der Waals surface area contributed by atoms with Gasteiger partial charge in [-0.25, -0.2) is 0 Å². The summed E-state index contributed by atoms with van der Waals surface area (Å²) in [7, 11) is 1.61. The van der Waals surface area contributed by atoms with Crippen LogP contribution in [0.4, 0.5) is 5.69 Å². The molecule has 1 heterocycles. The lowest BCUT2D eigenvalue weighted by molar-refractivity contribution is -0.116. The number of likely N-dealkylation sites (tertiary alicyclic amines) is 1. The molecule has 1 N–H and O–H groups in total. The van der Waals surface area contributed by atoms with Gasteiger partial charge in [0, 0.05) is 23.5 Å². The topological polar surface area (TPSA) is 41.6 Å². The second kappa shape index (κ2) is 8.50. The Hall–Kier alpha value is -1.85. The van der Waals surface area contributed by atoms with Crippen molar-refractivity contribution in [2.45, 2.75) is 25.3 Å². The predicted molar refractivity (Wildman–Crippen MR) is 104 cm³/mol. The SMILES string of the molecule is COc1ccccc1NC(=O)CCN1CCCC1c1cccc(Br)c1. The molecule has 5 heteroatoms. The first kappa shape index (κ1) is 18.0. The molecule has 0 saturated carbocycles. The van der Waals surface area contributed by atoms with Crippen LogP contribution in [0, 0.1) is 0 Å². The van der Waals surface area contributed by atoms with E-state index >= 15 is 0 Å². The molecule has 0 radical (unpaired) electrons. The van der Waals surface area contributed by atoms with Gasteiger partial charge in [0.25, 0.3) is 0 Å². The Morgan fingerprint density at radius 1 is 1.28 bits per heavy atom. The minimum absolute atomic E-state index is 0.0180. The molecule has 132 valence electrons. The van der Waals surface area contributed by atoms with E-state index in [2.05, 4.69) is 44.3 Å². The Morgan fingerprint density at radius 2 is 2.12 bits per heavy atom. The lowest BCUT2D eigenvalue weighted by Gasteiger charge is -2.24. The quantitative estimate of drug-likeness (QED) is 0.765. The molecule has 1 amide bonds. The van der Waals surface area contributed by atoms with E-state index in [1.807, 2.05) is 30.3 Å². The highest BCUT2D eigenvalue weighted by Gasteiger charge is 2.26. The lowest BCUT2D eigenvalue weighted by Crippen LogP contribution is -2.27. The number of benzene rings is 2. The molecule has 2 aromatic rings. The molecule has 4 nitrogen and oxygen atoms in total. The highest BCUT2D eigenvalue weighted by Crippen LogP contribution is 2.33. The fourth-order valence-corrected chi connectivity index (χ4v) is 3.81. The summed E-state index contributed by atoms with van der Waals surface area (Å²) in [5.41, 5.74) is 2.04. The van der Waals surface area contributed by atoms with Gasteiger partial charge in [0.05, 0.1) is 12.8 Å². The van der Waals surface area contributed by atoms with Crippen molar-refractivity contribution in [3.63, 3.8) is 0 Å². The van der Waals surface area contributed by atoms with E-state index in [0.717, 1.165) is 29.7 Å². The number of nitrogens with one attached hydrogen (secondary N) is 1. The molecule has 0 aliphatic carbocycles. The van der Waals surface area contributed by atoms with Crippen molar-refractivity contribution in [3.05, 3.63) is 58.6 Å². The molecule has 1 fully saturated rings. The van der Waals surface area contributed by atoms with Crippen LogP contribution >= 0.6 is 15.9 Å². The van der Waals surface area contributed by atoms with Crippen molar-refractivity contribution in [2.75, 3.05) is 25.5 Å². The first-order valence-electron chi connectivity index (χ1n) is 8.60. The zero-order chi connectivity index (χ0) is 17.6. The van der Waals surface area contributed by atoms with Gasteiger partial charge in [0.1, 0.15) is 5.75 Å². The van der Waals surface area contributed by atoms with Crippen LogP contribution in [0.2, 0.25) is 0 Å². The molecule has 1 unspecified atom stereocenters. The van der Waals surface area contributed by atoms with E-state index < -0.39 is 0 Å². The number of hydrogen-bond acceptors (Lipinski definition) is 3. The van der Waals surface area contributed by atoms with E-state index in [1.54, 1.807) is 7.11 Å². The lowest BCUT2D eigenvalue weighted by atomic mass is 10.0. The first-order valence-corrected chi connectivity index (χ1v) is 9.39. The standard InChI is InChI=1S/C20H23BrN2O2/c1-25-19-10-3-2-8-17(19)22-20(24)11-13-23-12-5-9-18(23)15-6-4-7-16(21)14-15/h2-4,6-8,10,14,18H,5,9,11-13H2,1H3,(H,22,24). The van der Waals surface area contributed by atoms with Crippen LogP contribution in [0.1, 0.15) is 30.9 Å². The summed E-state index contributed by atoms with van der Waals surface area (Å²) in [4.78, 5) is 14.7. The third kappa shape index (κ3) is 4.61. The molecule has 25 heavy (non-hydrogen) atoms. The molecular weight excluding hydrogens is 380 g/mol. The summed E-state index contributed by atoms with van der Waals surface area (Å²) < 4.78 is 6.38. The van der Waals surface area contributed by atoms with E-state index in [0.29, 0.717) is 18.2 Å². The summed E-state index contributed by atoms with van der Waals surface area (Å²) in [6.45, 7) is 1.80. The number of ether oxygens (including phenoxy) is 1. The van der Waals surface area contributed by atoms with Crippen LogP contribution in [-0.4, -0.2) is 31.0 Å². The molecule has 3 rings (SSSR count). The van der Waals surface area contributed by atoms with Gasteiger partial charge < -0.3 is 10.1 Å². The molecule has 0 spiro atoms. The molecule has 1 saturated heterocycles. The fourth-order valence-electron chi connectivity index (χ4n) is 3.39. The maximum atomic E-state index is 12.3. The van der Waals surface area contributed by atoms with Gasteiger partial charge in [0.15, 0.2) is 0 Å². The third-order valence-electron chi connectivity index (χ3n) is 4.60. The van der Waals surface area contributed by atoms with Crippen LogP contribution in [0.15, 0.2) is 53.0 Å². The van der Waals surface area contributed by atoms with E-state index in [1.165, 1.54) is 12.0 Å². The number of halogens is 1. The number of nitrogens with zero attached hydrogens (tertiary/aromatic N) is 1. The van der Waals surface area contributed by atoms with Crippen LogP contribution < -0.4 is 10.1 Å². The van der Waals surface area contributed by atoms with Gasteiger partial charge in [-0.15, -0.1) is 0 Å². The number of rotatable bonds is 6. The second-order valence-corrected chi connectivity index (χ2v) is 7.16. The molecule has 1 aliphatic heterocycles. The molecule has 0 bridgehead atoms. The Kier molecular flexibility index (Phi) is 6.10. The van der Waals surface area contributed by atoms with Crippen LogP contribution in [-0.2, 0) is 4.79 Å². The summed E-state index contributed by atoms with van der Waals surface area (Å²) in [6.07, 6.45) is 2.79. The summed E-state index contributed by atoms with van der Waals surface area (Å²) in [6, 6.07) is 16.4. The number of carbonyl (C=O) groups is 1. The molecule has 1 atom stereocenters. The van der Waals surface area contributed by atoms with Crippen molar-refractivity contribution in [2.24, 2.45) is 0 Å². The third-order valence-corrected chi connectivity index (χ3v) is 5.10. The Balaban J connectivity index is 1.58. The van der Waals surface area contributed by atoms with E-state index in [-0.39, 0.29) is 5.91 Å². The maximum Gasteiger partial charge on any atom is 0.225 e.